The molecule has 0 saturated heterocycles. The van der Waals surface area contributed by atoms with Crippen molar-refractivity contribution in [3.05, 3.63) is 0 Å². The molecule has 0 amide bonds. The standard InChI is InChI=1S/C14H29N3O/c1-11-4-6-12(7-5-11)10-16-9-8-14(2,3)13(15)17-18/h11-12,16,18H,4-10H2,1-3H3,(H2,15,17). The summed E-state index contributed by atoms with van der Waals surface area (Å²) in [6.07, 6.45) is 6.37. The second-order valence-electron chi connectivity index (χ2n) is 6.45. The first-order chi connectivity index (χ1) is 8.45. The van der Waals surface area contributed by atoms with E-state index in [1.807, 2.05) is 13.8 Å². The lowest BCUT2D eigenvalue weighted by atomic mass is 9.83. The molecule has 0 radical (unpaired) electrons. The van der Waals surface area contributed by atoms with Crippen molar-refractivity contribution in [2.24, 2.45) is 28.1 Å². The van der Waals surface area contributed by atoms with Crippen molar-refractivity contribution < 1.29 is 5.21 Å². The van der Waals surface area contributed by atoms with Crippen LogP contribution in [0, 0.1) is 17.3 Å². The Bertz CT molecular complexity index is 268. The summed E-state index contributed by atoms with van der Waals surface area (Å²) >= 11 is 0. The van der Waals surface area contributed by atoms with Gasteiger partial charge in [0.05, 0.1) is 0 Å². The molecular weight excluding hydrogens is 226 g/mol. The van der Waals surface area contributed by atoms with Gasteiger partial charge < -0.3 is 16.3 Å². The molecule has 4 nitrogen and oxygen atoms in total. The van der Waals surface area contributed by atoms with E-state index in [9.17, 15) is 0 Å². The van der Waals surface area contributed by atoms with Gasteiger partial charge in [-0.3, -0.25) is 0 Å². The number of nitrogens with two attached hydrogens (primary N) is 1. The molecule has 1 aliphatic carbocycles. The Kier molecular flexibility index (Phi) is 5.93. The van der Waals surface area contributed by atoms with E-state index in [0.29, 0.717) is 5.84 Å². The smallest absolute Gasteiger partial charge is 0.144 e. The highest BCUT2D eigenvalue weighted by Crippen LogP contribution is 2.27. The van der Waals surface area contributed by atoms with Gasteiger partial charge in [-0.15, -0.1) is 0 Å². The predicted molar refractivity (Wildman–Crippen MR) is 75.8 cm³/mol. The molecule has 0 aromatic heterocycles. The van der Waals surface area contributed by atoms with Gasteiger partial charge in [-0.05, 0) is 44.2 Å². The fourth-order valence-corrected chi connectivity index (χ4v) is 2.50. The van der Waals surface area contributed by atoms with Crippen LogP contribution in [0.4, 0.5) is 0 Å². The Morgan fingerprint density at radius 2 is 1.94 bits per heavy atom. The van der Waals surface area contributed by atoms with Crippen LogP contribution in [0.2, 0.25) is 0 Å². The first-order valence-electron chi connectivity index (χ1n) is 7.14. The lowest BCUT2D eigenvalue weighted by Crippen LogP contribution is -2.36. The number of amidine groups is 1. The van der Waals surface area contributed by atoms with Gasteiger partial charge in [-0.1, -0.05) is 38.8 Å². The van der Waals surface area contributed by atoms with E-state index in [0.717, 1.165) is 31.3 Å². The average molecular weight is 255 g/mol. The van der Waals surface area contributed by atoms with Gasteiger partial charge in [-0.25, -0.2) is 0 Å². The molecular formula is C14H29N3O. The predicted octanol–water partition coefficient (Wildman–Crippen LogP) is 2.57. The summed E-state index contributed by atoms with van der Waals surface area (Å²) < 4.78 is 0. The average Bonchev–Trinajstić information content (AvgIpc) is 2.35. The molecule has 1 fully saturated rings. The summed E-state index contributed by atoms with van der Waals surface area (Å²) in [5, 5.41) is 15.3. The lowest BCUT2D eigenvalue weighted by Gasteiger charge is -2.27. The molecule has 0 bridgehead atoms. The molecule has 0 aromatic rings. The highest BCUT2D eigenvalue weighted by molar-refractivity contribution is 5.85. The number of oxime groups is 1. The number of hydrogen-bond acceptors (Lipinski definition) is 3. The zero-order valence-corrected chi connectivity index (χ0v) is 12.1. The van der Waals surface area contributed by atoms with E-state index in [2.05, 4.69) is 17.4 Å². The van der Waals surface area contributed by atoms with Crippen LogP contribution in [0.3, 0.4) is 0 Å². The van der Waals surface area contributed by atoms with Crippen molar-refractivity contribution in [2.75, 3.05) is 13.1 Å². The zero-order valence-electron chi connectivity index (χ0n) is 12.1. The quantitative estimate of drug-likeness (QED) is 0.225. The zero-order chi connectivity index (χ0) is 13.6. The maximum Gasteiger partial charge on any atom is 0.144 e. The summed E-state index contributed by atoms with van der Waals surface area (Å²) in [7, 11) is 0. The molecule has 0 atom stereocenters. The third-order valence-electron chi connectivity index (χ3n) is 4.30. The Hall–Kier alpha value is -0.770. The fourth-order valence-electron chi connectivity index (χ4n) is 2.50. The minimum Gasteiger partial charge on any atom is -0.409 e. The third-order valence-corrected chi connectivity index (χ3v) is 4.30. The molecule has 18 heavy (non-hydrogen) atoms. The Morgan fingerprint density at radius 3 is 2.50 bits per heavy atom. The summed E-state index contributed by atoms with van der Waals surface area (Å²) in [5.74, 6) is 2.07. The Morgan fingerprint density at radius 1 is 1.33 bits per heavy atom. The van der Waals surface area contributed by atoms with Gasteiger partial charge >= 0.3 is 0 Å². The highest BCUT2D eigenvalue weighted by atomic mass is 16.4. The van der Waals surface area contributed by atoms with E-state index >= 15 is 0 Å². The molecule has 0 aliphatic heterocycles. The molecule has 0 heterocycles. The Balaban J connectivity index is 2.15. The van der Waals surface area contributed by atoms with Crippen molar-refractivity contribution in [2.45, 2.75) is 52.9 Å². The van der Waals surface area contributed by atoms with E-state index in [-0.39, 0.29) is 5.41 Å². The topological polar surface area (TPSA) is 70.6 Å². The first kappa shape index (κ1) is 15.3. The molecule has 1 saturated carbocycles. The normalized spacial score (nSPS) is 26.3. The first-order valence-corrected chi connectivity index (χ1v) is 7.14. The van der Waals surface area contributed by atoms with Gasteiger partial charge in [0.1, 0.15) is 5.84 Å². The summed E-state index contributed by atoms with van der Waals surface area (Å²) in [4.78, 5) is 0. The van der Waals surface area contributed by atoms with Crippen molar-refractivity contribution in [1.29, 1.82) is 0 Å². The molecule has 106 valence electrons. The SMILES string of the molecule is CC1CCC(CNCCC(C)(C)C(N)=NO)CC1. The van der Waals surface area contributed by atoms with Crippen LogP contribution in [0.25, 0.3) is 0 Å². The van der Waals surface area contributed by atoms with E-state index in [1.165, 1.54) is 25.7 Å². The van der Waals surface area contributed by atoms with Crippen molar-refractivity contribution in [3.63, 3.8) is 0 Å². The molecule has 0 spiro atoms. The lowest BCUT2D eigenvalue weighted by molar-refractivity contribution is 0.277. The molecule has 4 N–H and O–H groups in total. The monoisotopic (exact) mass is 255 g/mol. The Labute approximate surface area is 111 Å². The van der Waals surface area contributed by atoms with Crippen LogP contribution in [0.1, 0.15) is 52.9 Å². The number of nitrogens with one attached hydrogen (secondary N) is 1. The summed E-state index contributed by atoms with van der Waals surface area (Å²) in [6.45, 7) is 8.40. The van der Waals surface area contributed by atoms with E-state index in [1.54, 1.807) is 0 Å². The minimum atomic E-state index is -0.233. The van der Waals surface area contributed by atoms with Crippen LogP contribution in [-0.2, 0) is 0 Å². The molecule has 1 aliphatic rings. The van der Waals surface area contributed by atoms with Gasteiger partial charge in [0.25, 0.3) is 0 Å². The second kappa shape index (κ2) is 6.98. The summed E-state index contributed by atoms with van der Waals surface area (Å²) in [5.41, 5.74) is 5.43. The highest BCUT2D eigenvalue weighted by Gasteiger charge is 2.23. The number of rotatable bonds is 6. The van der Waals surface area contributed by atoms with Crippen molar-refractivity contribution >= 4 is 5.84 Å². The molecule has 0 aromatic carbocycles. The van der Waals surface area contributed by atoms with Crippen LogP contribution >= 0.6 is 0 Å². The van der Waals surface area contributed by atoms with Crippen LogP contribution in [0.15, 0.2) is 5.16 Å². The fraction of sp³-hybridized carbons (Fsp3) is 0.929. The van der Waals surface area contributed by atoms with Crippen LogP contribution < -0.4 is 11.1 Å². The number of hydrogen-bond donors (Lipinski definition) is 3. The van der Waals surface area contributed by atoms with Gasteiger partial charge in [0, 0.05) is 5.41 Å². The largest absolute Gasteiger partial charge is 0.409 e. The molecule has 1 rings (SSSR count). The number of nitrogens with zero attached hydrogens (tertiary/aromatic N) is 1. The summed E-state index contributed by atoms with van der Waals surface area (Å²) in [6, 6.07) is 0. The van der Waals surface area contributed by atoms with Crippen molar-refractivity contribution in [1.82, 2.24) is 5.32 Å². The van der Waals surface area contributed by atoms with Gasteiger partial charge in [0.2, 0.25) is 0 Å². The maximum absolute atomic E-state index is 8.70. The minimum absolute atomic E-state index is 0.233. The van der Waals surface area contributed by atoms with Crippen molar-refractivity contribution in [3.8, 4) is 0 Å². The maximum atomic E-state index is 8.70. The van der Waals surface area contributed by atoms with E-state index in [4.69, 9.17) is 10.9 Å². The van der Waals surface area contributed by atoms with E-state index < -0.39 is 0 Å². The second-order valence-corrected chi connectivity index (χ2v) is 6.45. The van der Waals surface area contributed by atoms with Crippen LogP contribution in [-0.4, -0.2) is 24.1 Å². The van der Waals surface area contributed by atoms with Gasteiger partial charge in [0.15, 0.2) is 0 Å². The van der Waals surface area contributed by atoms with Crippen LogP contribution in [0.5, 0.6) is 0 Å². The van der Waals surface area contributed by atoms with Gasteiger partial charge in [-0.2, -0.15) is 0 Å². The molecule has 0 unspecified atom stereocenters. The molecule has 4 heteroatoms. The third kappa shape index (κ3) is 4.84.